The molecule has 1 unspecified atom stereocenters. The summed E-state index contributed by atoms with van der Waals surface area (Å²) in [6.45, 7) is 8.87. The predicted molar refractivity (Wildman–Crippen MR) is 96.8 cm³/mol. The minimum Gasteiger partial charge on any atom is -0.438 e. The van der Waals surface area contributed by atoms with Crippen LogP contribution in [0.4, 0.5) is 0 Å². The summed E-state index contributed by atoms with van der Waals surface area (Å²) >= 11 is 0. The molecule has 0 saturated carbocycles. The third kappa shape index (κ3) is 4.64. The van der Waals surface area contributed by atoms with Gasteiger partial charge in [-0.1, -0.05) is 38.1 Å². The molecule has 26 heavy (non-hydrogen) atoms. The third-order valence-electron chi connectivity index (χ3n) is 3.78. The molecule has 0 amide bonds. The van der Waals surface area contributed by atoms with E-state index in [4.69, 9.17) is 9.26 Å². The van der Waals surface area contributed by atoms with E-state index in [-0.39, 0.29) is 11.5 Å². The maximum Gasteiger partial charge on any atom is 0.243 e. The Kier molecular flexibility index (Phi) is 5.27. The second kappa shape index (κ2) is 7.61. The van der Waals surface area contributed by atoms with Crippen LogP contribution in [0.3, 0.4) is 0 Å². The van der Waals surface area contributed by atoms with Crippen molar-refractivity contribution < 1.29 is 9.26 Å². The van der Waals surface area contributed by atoms with Crippen LogP contribution in [0, 0.1) is 0 Å². The molecule has 0 aliphatic carbocycles. The van der Waals surface area contributed by atoms with Crippen molar-refractivity contribution in [1.29, 1.82) is 0 Å². The van der Waals surface area contributed by atoms with Gasteiger partial charge in [0.15, 0.2) is 5.82 Å². The summed E-state index contributed by atoms with van der Waals surface area (Å²) in [5.74, 6) is 2.50. The van der Waals surface area contributed by atoms with Crippen molar-refractivity contribution in [2.45, 2.75) is 45.7 Å². The molecule has 7 heteroatoms. The Balaban J connectivity index is 1.55. The maximum absolute atomic E-state index is 5.64. The van der Waals surface area contributed by atoms with Crippen molar-refractivity contribution in [2.24, 2.45) is 0 Å². The highest BCUT2D eigenvalue weighted by Gasteiger charge is 2.22. The topological polar surface area (TPSA) is 86.0 Å². The van der Waals surface area contributed by atoms with E-state index in [9.17, 15) is 0 Å². The normalized spacial score (nSPS) is 12.8. The molecule has 1 aromatic carbocycles. The van der Waals surface area contributed by atoms with Gasteiger partial charge >= 0.3 is 0 Å². The van der Waals surface area contributed by atoms with Gasteiger partial charge in [-0.05, 0) is 24.6 Å². The lowest BCUT2D eigenvalue weighted by Gasteiger charge is -2.12. The van der Waals surface area contributed by atoms with E-state index < -0.39 is 0 Å². The van der Waals surface area contributed by atoms with Crippen molar-refractivity contribution >= 4 is 0 Å². The van der Waals surface area contributed by atoms with Gasteiger partial charge in [-0.15, -0.1) is 0 Å². The zero-order valence-electron chi connectivity index (χ0n) is 15.4. The summed E-state index contributed by atoms with van der Waals surface area (Å²) < 4.78 is 11.0. The lowest BCUT2D eigenvalue weighted by Crippen LogP contribution is -2.19. The van der Waals surface area contributed by atoms with E-state index >= 15 is 0 Å². The first-order chi connectivity index (χ1) is 12.4. The molecule has 0 bridgehead atoms. The lowest BCUT2D eigenvalue weighted by atomic mass is 9.96. The summed E-state index contributed by atoms with van der Waals surface area (Å²) in [7, 11) is 0. The number of benzene rings is 1. The van der Waals surface area contributed by atoms with Crippen LogP contribution in [0.15, 0.2) is 47.4 Å². The molecule has 0 radical (unpaired) electrons. The highest BCUT2D eigenvalue weighted by molar-refractivity contribution is 5.29. The fourth-order valence-electron chi connectivity index (χ4n) is 2.21. The van der Waals surface area contributed by atoms with E-state index in [0.717, 1.165) is 5.56 Å². The van der Waals surface area contributed by atoms with E-state index in [0.29, 0.717) is 29.9 Å². The monoisotopic (exact) mass is 353 g/mol. The van der Waals surface area contributed by atoms with Gasteiger partial charge in [0.25, 0.3) is 0 Å². The average molecular weight is 353 g/mol. The number of nitrogens with zero attached hydrogens (tertiary/aromatic N) is 4. The summed E-state index contributed by atoms with van der Waals surface area (Å²) in [6.07, 6.45) is 4.78. The molecule has 1 N–H and O–H groups in total. The Morgan fingerprint density at radius 3 is 2.54 bits per heavy atom. The molecule has 2 heterocycles. The standard InChI is InChI=1S/C19H23N5O2/c1-13(17-23-18(24-26-17)19(2,3)4)22-11-14-5-7-15(8-6-14)25-16-12-20-9-10-21-16/h5-10,12-13,22H,11H2,1-4H3. The molecule has 0 aliphatic rings. The predicted octanol–water partition coefficient (Wildman–Crippen LogP) is 3.80. The Hall–Kier alpha value is -2.80. The second-order valence-corrected chi connectivity index (χ2v) is 7.10. The smallest absolute Gasteiger partial charge is 0.243 e. The van der Waals surface area contributed by atoms with Gasteiger partial charge in [0.2, 0.25) is 11.8 Å². The Morgan fingerprint density at radius 2 is 1.92 bits per heavy atom. The molecule has 136 valence electrons. The second-order valence-electron chi connectivity index (χ2n) is 7.10. The summed E-state index contributed by atoms with van der Waals surface area (Å²) in [5.41, 5.74) is 0.999. The lowest BCUT2D eigenvalue weighted by molar-refractivity contribution is 0.330. The fraction of sp³-hybridized carbons (Fsp3) is 0.368. The highest BCUT2D eigenvalue weighted by Crippen LogP contribution is 2.21. The number of ether oxygens (including phenoxy) is 1. The van der Waals surface area contributed by atoms with Gasteiger partial charge < -0.3 is 14.6 Å². The van der Waals surface area contributed by atoms with Gasteiger partial charge in [-0.3, -0.25) is 4.98 Å². The average Bonchev–Trinajstić information content (AvgIpc) is 3.12. The van der Waals surface area contributed by atoms with Crippen LogP contribution in [0.25, 0.3) is 0 Å². The Bertz CT molecular complexity index is 825. The van der Waals surface area contributed by atoms with Crippen molar-refractivity contribution in [3.05, 3.63) is 60.1 Å². The van der Waals surface area contributed by atoms with Crippen LogP contribution in [-0.2, 0) is 12.0 Å². The Labute approximate surface area is 152 Å². The molecule has 0 spiro atoms. The fourth-order valence-corrected chi connectivity index (χ4v) is 2.21. The van der Waals surface area contributed by atoms with Gasteiger partial charge in [0.1, 0.15) is 5.75 Å². The molecule has 0 aliphatic heterocycles. The zero-order chi connectivity index (χ0) is 18.6. The first kappa shape index (κ1) is 18.0. The minimum absolute atomic E-state index is 0.0332. The SMILES string of the molecule is CC(NCc1ccc(Oc2cnccn2)cc1)c1nc(C(C)(C)C)no1. The molecule has 3 aromatic rings. The first-order valence-corrected chi connectivity index (χ1v) is 8.52. The first-order valence-electron chi connectivity index (χ1n) is 8.52. The van der Waals surface area contributed by atoms with Gasteiger partial charge in [-0.25, -0.2) is 4.98 Å². The van der Waals surface area contributed by atoms with E-state index in [1.807, 2.05) is 31.2 Å². The summed E-state index contributed by atoms with van der Waals surface area (Å²) in [5, 5.41) is 7.45. The number of nitrogens with one attached hydrogen (secondary N) is 1. The van der Waals surface area contributed by atoms with Crippen molar-refractivity contribution in [3.8, 4) is 11.6 Å². The van der Waals surface area contributed by atoms with Crippen molar-refractivity contribution in [1.82, 2.24) is 25.4 Å². The molecular weight excluding hydrogens is 330 g/mol. The molecule has 2 aromatic heterocycles. The largest absolute Gasteiger partial charge is 0.438 e. The number of rotatable bonds is 6. The van der Waals surface area contributed by atoms with Crippen LogP contribution >= 0.6 is 0 Å². The van der Waals surface area contributed by atoms with Gasteiger partial charge in [0.05, 0.1) is 12.2 Å². The molecular formula is C19H23N5O2. The summed E-state index contributed by atoms with van der Waals surface area (Å²) in [4.78, 5) is 12.5. The number of hydrogen-bond donors (Lipinski definition) is 1. The maximum atomic E-state index is 5.64. The van der Waals surface area contributed by atoms with Crippen molar-refractivity contribution in [3.63, 3.8) is 0 Å². The molecule has 3 rings (SSSR count). The van der Waals surface area contributed by atoms with E-state index in [1.165, 1.54) is 0 Å². The number of hydrogen-bond acceptors (Lipinski definition) is 7. The molecule has 0 fully saturated rings. The zero-order valence-corrected chi connectivity index (χ0v) is 15.4. The van der Waals surface area contributed by atoms with Gasteiger partial charge in [0, 0.05) is 24.4 Å². The van der Waals surface area contributed by atoms with Crippen LogP contribution in [0.5, 0.6) is 11.6 Å². The third-order valence-corrected chi connectivity index (χ3v) is 3.78. The molecule has 1 atom stereocenters. The van der Waals surface area contributed by atoms with E-state index in [1.54, 1.807) is 18.6 Å². The van der Waals surface area contributed by atoms with Crippen LogP contribution in [-0.4, -0.2) is 20.1 Å². The summed E-state index contributed by atoms with van der Waals surface area (Å²) in [6, 6.07) is 7.77. The van der Waals surface area contributed by atoms with Crippen LogP contribution in [0.2, 0.25) is 0 Å². The quantitative estimate of drug-likeness (QED) is 0.721. The van der Waals surface area contributed by atoms with Gasteiger partial charge in [-0.2, -0.15) is 4.98 Å². The number of aromatic nitrogens is 4. The van der Waals surface area contributed by atoms with Crippen LogP contribution < -0.4 is 10.1 Å². The van der Waals surface area contributed by atoms with Crippen molar-refractivity contribution in [2.75, 3.05) is 0 Å². The highest BCUT2D eigenvalue weighted by atomic mass is 16.5. The van der Waals surface area contributed by atoms with E-state index in [2.05, 4.69) is 46.2 Å². The Morgan fingerprint density at radius 1 is 1.15 bits per heavy atom. The molecule has 7 nitrogen and oxygen atoms in total. The molecule has 0 saturated heterocycles. The minimum atomic E-state index is -0.125. The van der Waals surface area contributed by atoms with Crippen LogP contribution in [0.1, 0.15) is 51.0 Å².